The number of hydrogen-bond acceptors (Lipinski definition) is 2. The van der Waals surface area contributed by atoms with Crippen LogP contribution in [0.15, 0.2) is 11.3 Å². The van der Waals surface area contributed by atoms with Gasteiger partial charge in [-0.1, -0.05) is 26.7 Å². The van der Waals surface area contributed by atoms with Gasteiger partial charge in [-0.25, -0.2) is 0 Å². The van der Waals surface area contributed by atoms with E-state index in [1.165, 1.54) is 6.42 Å². The topological polar surface area (TPSA) is 40.5 Å². The minimum Gasteiger partial charge on any atom is -0.512 e. The molecule has 2 nitrogen and oxygen atoms in total. The highest BCUT2D eigenvalue weighted by molar-refractivity contribution is 5.30. The van der Waals surface area contributed by atoms with Crippen molar-refractivity contribution in [3.63, 3.8) is 0 Å². The summed E-state index contributed by atoms with van der Waals surface area (Å²) in [4.78, 5) is 0. The fourth-order valence-electron chi connectivity index (χ4n) is 3.46. The monoisotopic (exact) mass is 210 g/mol. The van der Waals surface area contributed by atoms with Crippen LogP contribution in [0.25, 0.3) is 0 Å². The summed E-state index contributed by atoms with van der Waals surface area (Å²) >= 11 is 0. The molecule has 2 aliphatic rings. The van der Waals surface area contributed by atoms with Crippen LogP contribution in [-0.2, 0) is 0 Å². The Morgan fingerprint density at radius 1 is 1.27 bits per heavy atom. The maximum atomic E-state index is 10.8. The predicted octanol–water partition coefficient (Wildman–Crippen LogP) is 3.31. The van der Waals surface area contributed by atoms with Gasteiger partial charge in [0.05, 0.1) is 11.4 Å². The summed E-state index contributed by atoms with van der Waals surface area (Å²) in [5.41, 5.74) is 0.252. The Balaban J connectivity index is 2.40. The molecule has 2 heteroatoms. The van der Waals surface area contributed by atoms with E-state index in [-0.39, 0.29) is 5.41 Å². The van der Waals surface area contributed by atoms with Crippen LogP contribution in [0.5, 0.6) is 0 Å². The molecule has 2 fully saturated rings. The Bertz CT molecular complexity index is 295. The summed E-state index contributed by atoms with van der Waals surface area (Å²) in [6, 6.07) is 0. The molecule has 2 N–H and O–H groups in total. The first-order chi connectivity index (χ1) is 7.03. The molecule has 15 heavy (non-hydrogen) atoms. The minimum absolute atomic E-state index is 0.0176. The lowest BCUT2D eigenvalue weighted by atomic mass is 9.65. The average Bonchev–Trinajstić information content (AvgIpc) is 2.50. The molecule has 0 aromatic rings. The van der Waals surface area contributed by atoms with E-state index in [1.807, 2.05) is 6.92 Å². The van der Waals surface area contributed by atoms with E-state index >= 15 is 0 Å². The maximum absolute atomic E-state index is 10.8. The normalized spacial score (nSPS) is 43.9. The van der Waals surface area contributed by atoms with Gasteiger partial charge in [0.15, 0.2) is 0 Å². The van der Waals surface area contributed by atoms with Crippen LogP contribution in [0.1, 0.15) is 58.8 Å². The average molecular weight is 210 g/mol. The maximum Gasteiger partial charge on any atom is 0.0945 e. The molecule has 2 atom stereocenters. The van der Waals surface area contributed by atoms with Gasteiger partial charge in [0.2, 0.25) is 0 Å². The molecule has 0 saturated heterocycles. The number of fused-ring (bicyclic) bond motifs is 1. The number of rotatable bonds is 1. The summed E-state index contributed by atoms with van der Waals surface area (Å²) in [6.45, 7) is 4.13. The van der Waals surface area contributed by atoms with Crippen molar-refractivity contribution in [2.75, 3.05) is 0 Å². The highest BCUT2D eigenvalue weighted by atomic mass is 16.3. The zero-order chi connectivity index (χ0) is 11.1. The molecule has 2 saturated carbocycles. The highest BCUT2D eigenvalue weighted by Gasteiger charge is 2.55. The first-order valence-electron chi connectivity index (χ1n) is 6.17. The summed E-state index contributed by atoms with van der Waals surface area (Å²) in [5, 5.41) is 20.7. The van der Waals surface area contributed by atoms with Crippen molar-refractivity contribution < 1.29 is 10.2 Å². The largest absolute Gasteiger partial charge is 0.512 e. The molecular formula is C13H22O2. The van der Waals surface area contributed by atoms with Gasteiger partial charge in [-0.05, 0) is 31.3 Å². The van der Waals surface area contributed by atoms with E-state index in [1.54, 1.807) is 0 Å². The Labute approximate surface area is 92.0 Å². The molecule has 86 valence electrons. The molecule has 0 aromatic carbocycles. The van der Waals surface area contributed by atoms with E-state index in [0.717, 1.165) is 37.7 Å². The van der Waals surface area contributed by atoms with Crippen LogP contribution in [-0.4, -0.2) is 15.8 Å². The predicted molar refractivity (Wildman–Crippen MR) is 60.7 cm³/mol. The molecule has 0 radical (unpaired) electrons. The molecule has 0 heterocycles. The molecule has 2 unspecified atom stereocenters. The van der Waals surface area contributed by atoms with Gasteiger partial charge in [-0.15, -0.1) is 0 Å². The lowest BCUT2D eigenvalue weighted by Gasteiger charge is -2.44. The van der Waals surface area contributed by atoms with Crippen molar-refractivity contribution in [2.24, 2.45) is 5.41 Å². The third kappa shape index (κ3) is 1.42. The number of allylic oxidation sites excluding steroid dienone is 1. The minimum atomic E-state index is -0.703. The van der Waals surface area contributed by atoms with Gasteiger partial charge in [0, 0.05) is 11.8 Å². The van der Waals surface area contributed by atoms with Crippen LogP contribution in [0.2, 0.25) is 0 Å². The third-order valence-corrected chi connectivity index (χ3v) is 4.62. The van der Waals surface area contributed by atoms with Crippen molar-refractivity contribution in [1.82, 2.24) is 0 Å². The molecule has 0 aromatic heterocycles. The standard InChI is InChI=1S/C13H22O2/c1-3-11(14)10-6-9-12(2)7-4-5-8-13(10,12)15/h14-15H,3-9H2,1-2H3/b11-10-. The van der Waals surface area contributed by atoms with Gasteiger partial charge in [-0.2, -0.15) is 0 Å². The zero-order valence-electron chi connectivity index (χ0n) is 9.84. The van der Waals surface area contributed by atoms with E-state index < -0.39 is 5.60 Å². The van der Waals surface area contributed by atoms with Crippen LogP contribution in [0.4, 0.5) is 0 Å². The van der Waals surface area contributed by atoms with Crippen molar-refractivity contribution in [2.45, 2.75) is 64.4 Å². The summed E-state index contributed by atoms with van der Waals surface area (Å²) in [7, 11) is 0. The number of aliphatic hydroxyl groups is 2. The van der Waals surface area contributed by atoms with Gasteiger partial charge < -0.3 is 10.2 Å². The smallest absolute Gasteiger partial charge is 0.0945 e. The molecule has 0 spiro atoms. The quantitative estimate of drug-likeness (QED) is 0.652. The van der Waals surface area contributed by atoms with E-state index in [4.69, 9.17) is 0 Å². The van der Waals surface area contributed by atoms with Crippen LogP contribution < -0.4 is 0 Å². The van der Waals surface area contributed by atoms with E-state index in [2.05, 4.69) is 6.92 Å². The Morgan fingerprint density at radius 2 is 1.93 bits per heavy atom. The van der Waals surface area contributed by atoms with E-state index in [0.29, 0.717) is 12.2 Å². The van der Waals surface area contributed by atoms with Gasteiger partial charge in [-0.3, -0.25) is 0 Å². The van der Waals surface area contributed by atoms with Crippen LogP contribution in [0, 0.1) is 5.41 Å². The second-order valence-electron chi connectivity index (χ2n) is 5.41. The molecular weight excluding hydrogens is 188 g/mol. The van der Waals surface area contributed by atoms with Crippen LogP contribution >= 0.6 is 0 Å². The second kappa shape index (κ2) is 3.51. The first-order valence-corrected chi connectivity index (χ1v) is 6.17. The summed E-state index contributed by atoms with van der Waals surface area (Å²) in [6.07, 6.45) is 6.81. The Kier molecular flexibility index (Phi) is 2.58. The van der Waals surface area contributed by atoms with Crippen molar-refractivity contribution in [1.29, 1.82) is 0 Å². The van der Waals surface area contributed by atoms with Crippen molar-refractivity contribution >= 4 is 0 Å². The molecule has 0 amide bonds. The van der Waals surface area contributed by atoms with Crippen molar-refractivity contribution in [3.05, 3.63) is 11.3 Å². The van der Waals surface area contributed by atoms with E-state index in [9.17, 15) is 10.2 Å². The molecule has 2 rings (SSSR count). The third-order valence-electron chi connectivity index (χ3n) is 4.62. The number of hydrogen-bond donors (Lipinski definition) is 2. The zero-order valence-corrected chi connectivity index (χ0v) is 9.84. The van der Waals surface area contributed by atoms with Gasteiger partial charge in [0.1, 0.15) is 0 Å². The fraction of sp³-hybridized carbons (Fsp3) is 0.846. The van der Waals surface area contributed by atoms with Crippen LogP contribution in [0.3, 0.4) is 0 Å². The van der Waals surface area contributed by atoms with Gasteiger partial charge in [0.25, 0.3) is 0 Å². The van der Waals surface area contributed by atoms with Gasteiger partial charge >= 0.3 is 0 Å². The SMILES string of the molecule is CC/C(O)=C1\CCC2(C)CCCCC12O. The Hall–Kier alpha value is -0.500. The molecule has 2 aliphatic carbocycles. The molecule has 0 aliphatic heterocycles. The number of aliphatic hydroxyl groups excluding tert-OH is 1. The fourth-order valence-corrected chi connectivity index (χ4v) is 3.46. The summed E-state index contributed by atoms with van der Waals surface area (Å²) < 4.78 is 0. The lowest BCUT2D eigenvalue weighted by molar-refractivity contribution is -0.0586. The molecule has 0 bridgehead atoms. The first kappa shape index (κ1) is 11.0. The van der Waals surface area contributed by atoms with Crippen molar-refractivity contribution in [3.8, 4) is 0 Å². The summed E-state index contributed by atoms with van der Waals surface area (Å²) in [5.74, 6) is 0.433. The lowest BCUT2D eigenvalue weighted by Crippen LogP contribution is -2.46. The highest BCUT2D eigenvalue weighted by Crippen LogP contribution is 2.58. The Morgan fingerprint density at radius 3 is 2.60 bits per heavy atom. The second-order valence-corrected chi connectivity index (χ2v) is 5.41.